The van der Waals surface area contributed by atoms with E-state index in [1.807, 2.05) is 24.3 Å². The normalized spacial score (nSPS) is 10.8. The number of nitrogen functional groups attached to an aromatic ring is 1. The maximum Gasteiger partial charge on any atom is 0.230 e. The van der Waals surface area contributed by atoms with Crippen LogP contribution in [0.3, 0.4) is 0 Å². The van der Waals surface area contributed by atoms with Crippen LogP contribution < -0.4 is 5.73 Å². The lowest BCUT2D eigenvalue weighted by Gasteiger charge is -2.04. The summed E-state index contributed by atoms with van der Waals surface area (Å²) in [5.41, 5.74) is 8.82. The number of anilines is 1. The summed E-state index contributed by atoms with van der Waals surface area (Å²) in [6.07, 6.45) is 4.41. The van der Waals surface area contributed by atoms with Gasteiger partial charge in [0, 0.05) is 10.0 Å². The summed E-state index contributed by atoms with van der Waals surface area (Å²) in [7, 11) is 0. The third-order valence-electron chi connectivity index (χ3n) is 2.95. The fourth-order valence-corrected chi connectivity index (χ4v) is 2.49. The van der Waals surface area contributed by atoms with E-state index in [0.717, 1.165) is 34.1 Å². The van der Waals surface area contributed by atoms with Crippen molar-refractivity contribution in [2.45, 2.75) is 32.6 Å². The fourth-order valence-electron chi connectivity index (χ4n) is 2.00. The van der Waals surface area contributed by atoms with Crippen LogP contribution in [0.4, 0.5) is 5.88 Å². The van der Waals surface area contributed by atoms with E-state index in [4.69, 9.17) is 10.3 Å². The highest BCUT2D eigenvalue weighted by Gasteiger charge is 2.17. The van der Waals surface area contributed by atoms with Crippen molar-refractivity contribution in [3.8, 4) is 11.1 Å². The van der Waals surface area contributed by atoms with Crippen molar-refractivity contribution >= 4 is 21.8 Å². The molecule has 1 heterocycles. The van der Waals surface area contributed by atoms with Crippen molar-refractivity contribution < 1.29 is 4.52 Å². The second-order valence-corrected chi connectivity index (χ2v) is 5.16. The second-order valence-electron chi connectivity index (χ2n) is 4.31. The molecular weight excluding hydrogens is 292 g/mol. The highest BCUT2D eigenvalue weighted by molar-refractivity contribution is 9.10. The van der Waals surface area contributed by atoms with E-state index in [1.54, 1.807) is 0 Å². The van der Waals surface area contributed by atoms with E-state index in [2.05, 4.69) is 28.0 Å². The lowest BCUT2D eigenvalue weighted by molar-refractivity contribution is 0.426. The molecule has 0 aliphatic carbocycles. The molecule has 0 aliphatic heterocycles. The van der Waals surface area contributed by atoms with E-state index in [0.29, 0.717) is 5.88 Å². The predicted octanol–water partition coefficient (Wildman–Crippen LogP) is 4.42. The molecule has 0 bridgehead atoms. The second kappa shape index (κ2) is 6.05. The zero-order valence-corrected chi connectivity index (χ0v) is 12.0. The smallest absolute Gasteiger partial charge is 0.230 e. The van der Waals surface area contributed by atoms with Gasteiger partial charge in [-0.25, -0.2) is 0 Å². The van der Waals surface area contributed by atoms with Gasteiger partial charge in [0.1, 0.15) is 0 Å². The summed E-state index contributed by atoms with van der Waals surface area (Å²) in [5.74, 6) is 0.397. The molecule has 0 saturated heterocycles. The molecule has 0 amide bonds. The first-order chi connectivity index (χ1) is 8.74. The Bertz CT molecular complexity index is 522. The Balaban J connectivity index is 2.32. The van der Waals surface area contributed by atoms with Crippen LogP contribution in [0.25, 0.3) is 11.1 Å². The number of aryl methyl sites for hydroxylation is 1. The quantitative estimate of drug-likeness (QED) is 0.832. The fraction of sp³-hybridized carbons (Fsp3) is 0.357. The summed E-state index contributed by atoms with van der Waals surface area (Å²) >= 11 is 3.54. The summed E-state index contributed by atoms with van der Waals surface area (Å²) in [6, 6.07) is 7.99. The number of nitrogens with zero attached hydrogens (tertiary/aromatic N) is 1. The van der Waals surface area contributed by atoms with Crippen molar-refractivity contribution in [2.24, 2.45) is 0 Å². The number of unbranched alkanes of at least 4 members (excludes halogenated alkanes) is 2. The van der Waals surface area contributed by atoms with E-state index < -0.39 is 0 Å². The molecule has 3 nitrogen and oxygen atoms in total. The zero-order chi connectivity index (χ0) is 13.0. The number of benzene rings is 1. The molecule has 0 unspecified atom stereocenters. The van der Waals surface area contributed by atoms with Gasteiger partial charge in [-0.2, -0.15) is 0 Å². The maximum atomic E-state index is 5.90. The average Bonchev–Trinajstić information content (AvgIpc) is 2.72. The number of rotatable bonds is 5. The molecule has 1 aromatic heterocycles. The molecular formula is C14H17BrN2O. The van der Waals surface area contributed by atoms with Crippen LogP contribution in [0.2, 0.25) is 0 Å². The Morgan fingerprint density at radius 2 is 2.06 bits per heavy atom. The van der Waals surface area contributed by atoms with Crippen LogP contribution in [0.15, 0.2) is 33.3 Å². The summed E-state index contributed by atoms with van der Waals surface area (Å²) in [5, 5.41) is 4.08. The first-order valence-corrected chi connectivity index (χ1v) is 7.02. The number of aromatic nitrogens is 1. The molecule has 2 rings (SSSR count). The molecule has 0 spiro atoms. The van der Waals surface area contributed by atoms with E-state index in [1.165, 1.54) is 12.8 Å². The summed E-state index contributed by atoms with van der Waals surface area (Å²) < 4.78 is 6.15. The van der Waals surface area contributed by atoms with Gasteiger partial charge in [-0.15, -0.1) is 0 Å². The minimum absolute atomic E-state index is 0.397. The van der Waals surface area contributed by atoms with Crippen molar-refractivity contribution in [1.82, 2.24) is 5.16 Å². The molecule has 0 fully saturated rings. The van der Waals surface area contributed by atoms with E-state index in [-0.39, 0.29) is 0 Å². The Labute approximate surface area is 115 Å². The number of halogens is 1. The Morgan fingerprint density at radius 1 is 1.28 bits per heavy atom. The van der Waals surface area contributed by atoms with Gasteiger partial charge >= 0.3 is 0 Å². The van der Waals surface area contributed by atoms with Gasteiger partial charge in [0.25, 0.3) is 0 Å². The molecule has 18 heavy (non-hydrogen) atoms. The van der Waals surface area contributed by atoms with Crippen LogP contribution >= 0.6 is 15.9 Å². The van der Waals surface area contributed by atoms with Crippen molar-refractivity contribution in [3.05, 3.63) is 34.4 Å². The monoisotopic (exact) mass is 308 g/mol. The Morgan fingerprint density at radius 3 is 2.78 bits per heavy atom. The first-order valence-electron chi connectivity index (χ1n) is 6.23. The first kappa shape index (κ1) is 13.1. The van der Waals surface area contributed by atoms with Crippen LogP contribution in [0, 0.1) is 0 Å². The third-order valence-corrected chi connectivity index (χ3v) is 3.64. The summed E-state index contributed by atoms with van der Waals surface area (Å²) in [4.78, 5) is 0. The standard InChI is InChI=1S/C14H17BrN2O/c1-2-3-4-9-12-13(14(16)18-17-12)10-7-5-6-8-11(10)15/h5-8H,2-4,9,16H2,1H3. The van der Waals surface area contributed by atoms with Gasteiger partial charge in [-0.05, 0) is 18.9 Å². The SMILES string of the molecule is CCCCCc1noc(N)c1-c1ccccc1Br. The van der Waals surface area contributed by atoms with Gasteiger partial charge in [-0.3, -0.25) is 0 Å². The molecule has 0 aliphatic rings. The molecule has 96 valence electrons. The highest BCUT2D eigenvalue weighted by atomic mass is 79.9. The molecule has 0 saturated carbocycles. The predicted molar refractivity (Wildman–Crippen MR) is 77.3 cm³/mol. The lowest BCUT2D eigenvalue weighted by atomic mass is 10.0. The summed E-state index contributed by atoms with van der Waals surface area (Å²) in [6.45, 7) is 2.19. The molecule has 2 N–H and O–H groups in total. The van der Waals surface area contributed by atoms with Gasteiger partial charge in [-0.1, -0.05) is 59.1 Å². The van der Waals surface area contributed by atoms with Gasteiger partial charge in [0.05, 0.1) is 11.3 Å². The topological polar surface area (TPSA) is 52.0 Å². The minimum atomic E-state index is 0.397. The number of hydrogen-bond donors (Lipinski definition) is 1. The molecule has 0 atom stereocenters. The minimum Gasteiger partial charge on any atom is -0.367 e. The third kappa shape index (κ3) is 2.75. The van der Waals surface area contributed by atoms with E-state index in [9.17, 15) is 0 Å². The molecule has 0 radical (unpaired) electrons. The van der Waals surface area contributed by atoms with Crippen molar-refractivity contribution in [2.75, 3.05) is 5.73 Å². The zero-order valence-electron chi connectivity index (χ0n) is 10.4. The maximum absolute atomic E-state index is 5.90. The van der Waals surface area contributed by atoms with E-state index >= 15 is 0 Å². The molecule has 1 aromatic carbocycles. The van der Waals surface area contributed by atoms with Crippen LogP contribution in [0.5, 0.6) is 0 Å². The van der Waals surface area contributed by atoms with Crippen LogP contribution in [-0.4, -0.2) is 5.16 Å². The Kier molecular flexibility index (Phi) is 4.42. The highest BCUT2D eigenvalue weighted by Crippen LogP contribution is 2.35. The van der Waals surface area contributed by atoms with Crippen molar-refractivity contribution in [1.29, 1.82) is 0 Å². The van der Waals surface area contributed by atoms with Gasteiger partial charge in [0.2, 0.25) is 5.88 Å². The average molecular weight is 309 g/mol. The van der Waals surface area contributed by atoms with Gasteiger partial charge < -0.3 is 10.3 Å². The Hall–Kier alpha value is -1.29. The lowest BCUT2D eigenvalue weighted by Crippen LogP contribution is -1.92. The number of nitrogens with two attached hydrogens (primary N) is 1. The largest absolute Gasteiger partial charge is 0.367 e. The van der Waals surface area contributed by atoms with Gasteiger partial charge in [0.15, 0.2) is 0 Å². The molecule has 2 aromatic rings. The molecule has 4 heteroatoms. The number of hydrogen-bond acceptors (Lipinski definition) is 3. The van der Waals surface area contributed by atoms with Crippen LogP contribution in [0.1, 0.15) is 31.9 Å². The van der Waals surface area contributed by atoms with Crippen molar-refractivity contribution in [3.63, 3.8) is 0 Å². The van der Waals surface area contributed by atoms with Crippen LogP contribution in [-0.2, 0) is 6.42 Å².